The second-order valence-corrected chi connectivity index (χ2v) is 7.93. The van der Waals surface area contributed by atoms with Gasteiger partial charge in [-0.2, -0.15) is 0 Å². The summed E-state index contributed by atoms with van der Waals surface area (Å²) in [6.07, 6.45) is -0.329. The molecule has 7 nitrogen and oxygen atoms in total. The van der Waals surface area contributed by atoms with E-state index in [4.69, 9.17) is 14.3 Å². The van der Waals surface area contributed by atoms with Crippen LogP contribution in [0.2, 0.25) is 0 Å². The van der Waals surface area contributed by atoms with E-state index in [1.54, 1.807) is 13.8 Å². The van der Waals surface area contributed by atoms with E-state index in [1.165, 1.54) is 43.4 Å². The molecule has 0 radical (unpaired) electrons. The van der Waals surface area contributed by atoms with Crippen LogP contribution in [0.3, 0.4) is 0 Å². The van der Waals surface area contributed by atoms with Crippen LogP contribution in [-0.4, -0.2) is 27.5 Å². The lowest BCUT2D eigenvalue weighted by Crippen LogP contribution is -2.18. The van der Waals surface area contributed by atoms with E-state index in [-0.39, 0.29) is 33.7 Å². The third-order valence-corrected chi connectivity index (χ3v) is 4.92. The van der Waals surface area contributed by atoms with Crippen molar-refractivity contribution in [2.24, 2.45) is 5.14 Å². The lowest BCUT2D eigenvalue weighted by molar-refractivity contribution is 0.0964. The van der Waals surface area contributed by atoms with Crippen molar-refractivity contribution in [1.29, 1.82) is 0 Å². The molecule has 28 heavy (non-hydrogen) atoms. The maximum atomic E-state index is 13.3. The molecule has 0 fully saturated rings. The Morgan fingerprint density at radius 1 is 1.21 bits per heavy atom. The second kappa shape index (κ2) is 7.25. The number of primary sulfonamides is 1. The Balaban J connectivity index is 2.36. The zero-order chi connectivity index (χ0) is 20.6. The average molecular weight is 406 g/mol. The van der Waals surface area contributed by atoms with Gasteiger partial charge in [0.1, 0.15) is 27.8 Å². The lowest BCUT2D eigenvalue weighted by Gasteiger charge is -2.13. The number of hydrogen-bond donors (Lipinski definition) is 2. The average Bonchev–Trinajstić information content (AvgIpc) is 2.98. The molecule has 0 bridgehead atoms. The summed E-state index contributed by atoms with van der Waals surface area (Å²) in [5, 5.41) is 8.19. The Morgan fingerprint density at radius 2 is 1.86 bits per heavy atom. The van der Waals surface area contributed by atoms with Crippen LogP contribution in [0.15, 0.2) is 45.7 Å². The third kappa shape index (κ3) is 3.71. The van der Waals surface area contributed by atoms with Gasteiger partial charge in [0.2, 0.25) is 10.0 Å². The fraction of sp³-hybridized carbons (Fsp3) is 0.211. The van der Waals surface area contributed by atoms with Crippen LogP contribution in [0.5, 0.6) is 5.75 Å². The van der Waals surface area contributed by atoms with E-state index in [0.29, 0.717) is 10.9 Å². The molecule has 0 saturated carbocycles. The normalized spacial score (nSPS) is 11.8. The van der Waals surface area contributed by atoms with Gasteiger partial charge < -0.3 is 14.5 Å². The van der Waals surface area contributed by atoms with Crippen LogP contribution < -0.4 is 15.2 Å². The van der Waals surface area contributed by atoms with Gasteiger partial charge >= 0.3 is 0 Å². The summed E-state index contributed by atoms with van der Waals surface area (Å²) in [5.41, 5.74) is 0.774. The number of fused-ring (bicyclic) bond motifs is 1. The molecular formula is C19H19FN2O5S. The highest BCUT2D eigenvalue weighted by atomic mass is 32.2. The first-order valence-corrected chi connectivity index (χ1v) is 9.94. The molecule has 0 unspecified atom stereocenters. The monoisotopic (exact) mass is 406 g/mol. The zero-order valence-electron chi connectivity index (χ0n) is 15.4. The Kier molecular flexibility index (Phi) is 5.14. The molecule has 9 heteroatoms. The summed E-state index contributed by atoms with van der Waals surface area (Å²) in [4.78, 5) is 12.3. The third-order valence-electron chi connectivity index (χ3n) is 3.98. The van der Waals surface area contributed by atoms with Crippen molar-refractivity contribution in [3.05, 3.63) is 47.8 Å². The first-order chi connectivity index (χ1) is 13.1. The first kappa shape index (κ1) is 19.8. The molecular weight excluding hydrogens is 387 g/mol. The van der Waals surface area contributed by atoms with Gasteiger partial charge in [0.05, 0.1) is 11.7 Å². The fourth-order valence-corrected chi connectivity index (χ4v) is 3.49. The van der Waals surface area contributed by atoms with Gasteiger partial charge in [-0.1, -0.05) is 0 Å². The summed E-state index contributed by atoms with van der Waals surface area (Å²) < 4.78 is 48.7. The smallest absolute Gasteiger partial charge is 0.255 e. The predicted octanol–water partition coefficient (Wildman–Crippen LogP) is 3.03. The van der Waals surface area contributed by atoms with Crippen LogP contribution in [0.25, 0.3) is 22.3 Å². The molecule has 0 spiro atoms. The molecule has 1 heterocycles. The topological polar surface area (TPSA) is 112 Å². The maximum Gasteiger partial charge on any atom is 0.255 e. The number of nitrogens with one attached hydrogen (secondary N) is 1. The van der Waals surface area contributed by atoms with E-state index >= 15 is 0 Å². The van der Waals surface area contributed by atoms with Crippen molar-refractivity contribution >= 4 is 26.9 Å². The van der Waals surface area contributed by atoms with E-state index in [2.05, 4.69) is 5.32 Å². The molecule has 1 aromatic heterocycles. The van der Waals surface area contributed by atoms with Crippen LogP contribution in [0.1, 0.15) is 24.2 Å². The number of hydrogen-bond acceptors (Lipinski definition) is 5. The highest BCUT2D eigenvalue weighted by Gasteiger charge is 2.26. The number of ether oxygens (including phenoxy) is 1. The van der Waals surface area contributed by atoms with Gasteiger partial charge in [-0.15, -0.1) is 0 Å². The predicted molar refractivity (Wildman–Crippen MR) is 102 cm³/mol. The van der Waals surface area contributed by atoms with Crippen molar-refractivity contribution < 1.29 is 26.8 Å². The minimum atomic E-state index is -4.11. The number of halogens is 1. The van der Waals surface area contributed by atoms with Crippen molar-refractivity contribution in [3.8, 4) is 17.1 Å². The number of carbonyl (C=O) groups is 1. The fourth-order valence-electron chi connectivity index (χ4n) is 2.83. The number of rotatable bonds is 5. The Labute approximate surface area is 161 Å². The zero-order valence-corrected chi connectivity index (χ0v) is 16.3. The number of sulfonamides is 1. The van der Waals surface area contributed by atoms with Crippen LogP contribution >= 0.6 is 0 Å². The van der Waals surface area contributed by atoms with E-state index in [1.807, 2.05) is 0 Å². The van der Waals surface area contributed by atoms with Gasteiger partial charge in [-0.3, -0.25) is 4.79 Å². The summed E-state index contributed by atoms with van der Waals surface area (Å²) in [6.45, 7) is 3.46. The van der Waals surface area contributed by atoms with Gasteiger partial charge in [-0.05, 0) is 44.2 Å². The molecule has 148 valence electrons. The molecule has 3 N–H and O–H groups in total. The van der Waals surface area contributed by atoms with Gasteiger partial charge in [0.25, 0.3) is 5.91 Å². The standard InChI is InChI=1S/C19H19FN2O5S/c1-10(2)26-15-8-13-14(9-16(15)28(21,24)25)27-18(17(13)19(23)22-3)11-4-6-12(20)7-5-11/h4-10H,1-3H3,(H,22,23)(H2,21,24,25). The SMILES string of the molecule is CNC(=O)c1c(-c2ccc(F)cc2)oc2cc(S(N)(=O)=O)c(OC(C)C)cc12. The Morgan fingerprint density at radius 3 is 2.39 bits per heavy atom. The van der Waals surface area contributed by atoms with Crippen molar-refractivity contribution in [2.45, 2.75) is 24.8 Å². The van der Waals surface area contributed by atoms with Crippen molar-refractivity contribution in [3.63, 3.8) is 0 Å². The van der Waals surface area contributed by atoms with Crippen LogP contribution in [0, 0.1) is 5.82 Å². The van der Waals surface area contributed by atoms with Crippen molar-refractivity contribution in [2.75, 3.05) is 7.05 Å². The van der Waals surface area contributed by atoms with Crippen LogP contribution in [0.4, 0.5) is 4.39 Å². The minimum absolute atomic E-state index is 0.0154. The summed E-state index contributed by atoms with van der Waals surface area (Å²) in [5.74, 6) is -0.694. The molecule has 0 saturated heterocycles. The maximum absolute atomic E-state index is 13.3. The van der Waals surface area contributed by atoms with Gasteiger partial charge in [0.15, 0.2) is 0 Å². The highest BCUT2D eigenvalue weighted by molar-refractivity contribution is 7.89. The molecule has 2 aromatic carbocycles. The van der Waals surface area contributed by atoms with Gasteiger partial charge in [-0.25, -0.2) is 17.9 Å². The second-order valence-electron chi connectivity index (χ2n) is 6.40. The summed E-state index contributed by atoms with van der Waals surface area (Å²) in [6, 6.07) is 8.04. The molecule has 0 aliphatic carbocycles. The molecule has 3 rings (SSSR count). The molecule has 1 amide bonds. The quantitative estimate of drug-likeness (QED) is 0.676. The molecule has 0 aliphatic rings. The first-order valence-electron chi connectivity index (χ1n) is 8.40. The number of carbonyl (C=O) groups excluding carboxylic acids is 1. The highest BCUT2D eigenvalue weighted by Crippen LogP contribution is 2.38. The number of furan rings is 1. The minimum Gasteiger partial charge on any atom is -0.490 e. The largest absolute Gasteiger partial charge is 0.490 e. The number of nitrogens with two attached hydrogens (primary N) is 1. The Bertz CT molecular complexity index is 1150. The van der Waals surface area contributed by atoms with E-state index in [0.717, 1.165) is 0 Å². The Hall–Kier alpha value is -2.91. The lowest BCUT2D eigenvalue weighted by atomic mass is 10.0. The summed E-state index contributed by atoms with van der Waals surface area (Å²) >= 11 is 0. The van der Waals surface area contributed by atoms with E-state index < -0.39 is 21.7 Å². The molecule has 0 aliphatic heterocycles. The number of benzene rings is 2. The molecule has 0 atom stereocenters. The van der Waals surface area contributed by atoms with E-state index in [9.17, 15) is 17.6 Å². The molecule has 3 aromatic rings. The number of amides is 1. The van der Waals surface area contributed by atoms with Gasteiger partial charge in [0, 0.05) is 24.1 Å². The van der Waals surface area contributed by atoms with Crippen molar-refractivity contribution in [1.82, 2.24) is 5.32 Å². The van der Waals surface area contributed by atoms with Crippen LogP contribution in [-0.2, 0) is 10.0 Å². The summed E-state index contributed by atoms with van der Waals surface area (Å²) in [7, 11) is -2.65.